The average Bonchev–Trinajstić information content (AvgIpc) is 2.65. The number of hydrogen-bond donors (Lipinski definition) is 0. The maximum Gasteiger partial charge on any atom is 0.333 e. The highest BCUT2D eigenvalue weighted by Crippen LogP contribution is 2.17. The van der Waals surface area contributed by atoms with Gasteiger partial charge in [0, 0.05) is 16.7 Å². The van der Waals surface area contributed by atoms with Crippen molar-refractivity contribution >= 4 is 11.8 Å². The maximum absolute atomic E-state index is 12.4. The minimum Gasteiger partial charge on any atom is -0.497 e. The Morgan fingerprint density at radius 2 is 1.40 bits per heavy atom. The predicted molar refractivity (Wildman–Crippen MR) is 94.1 cm³/mol. The number of methoxy groups -OCH3 is 1. The molecule has 0 aromatic heterocycles. The lowest BCUT2D eigenvalue weighted by Crippen LogP contribution is -2.12. The quantitative estimate of drug-likeness (QED) is 0.319. The molecule has 0 N–H and O–H groups in total. The van der Waals surface area contributed by atoms with Crippen LogP contribution in [0.1, 0.15) is 22.8 Å². The van der Waals surface area contributed by atoms with Crippen LogP contribution < -0.4 is 9.47 Å². The van der Waals surface area contributed by atoms with Gasteiger partial charge in [-0.25, -0.2) is 4.79 Å². The summed E-state index contributed by atoms with van der Waals surface area (Å²) in [6, 6.07) is 13.7. The van der Waals surface area contributed by atoms with Crippen LogP contribution in [0.5, 0.6) is 11.5 Å². The molecule has 0 saturated carbocycles. The zero-order chi connectivity index (χ0) is 18.2. The second-order valence-electron chi connectivity index (χ2n) is 5.35. The maximum atomic E-state index is 12.4. The number of esters is 1. The molecule has 0 fully saturated rings. The minimum atomic E-state index is -0.441. The highest BCUT2D eigenvalue weighted by molar-refractivity contribution is 6.09. The zero-order valence-electron chi connectivity index (χ0n) is 14.3. The van der Waals surface area contributed by atoms with Crippen LogP contribution in [-0.2, 0) is 9.53 Å². The Hall–Kier alpha value is -3.08. The third kappa shape index (κ3) is 5.21. The molecule has 0 atom stereocenters. The van der Waals surface area contributed by atoms with Gasteiger partial charge < -0.3 is 14.2 Å². The van der Waals surface area contributed by atoms with Crippen molar-refractivity contribution in [1.29, 1.82) is 0 Å². The second-order valence-corrected chi connectivity index (χ2v) is 5.35. The van der Waals surface area contributed by atoms with Gasteiger partial charge in [0.1, 0.15) is 24.7 Å². The first kappa shape index (κ1) is 18.3. The molecule has 2 aromatic carbocycles. The summed E-state index contributed by atoms with van der Waals surface area (Å²) >= 11 is 0. The summed E-state index contributed by atoms with van der Waals surface area (Å²) in [5, 5.41) is 0. The molecule has 0 aliphatic heterocycles. The van der Waals surface area contributed by atoms with Crippen LogP contribution in [0, 0.1) is 0 Å². The first-order valence-corrected chi connectivity index (χ1v) is 7.75. The molecule has 2 aromatic rings. The zero-order valence-corrected chi connectivity index (χ0v) is 14.3. The largest absolute Gasteiger partial charge is 0.497 e. The van der Waals surface area contributed by atoms with Gasteiger partial charge in [-0.1, -0.05) is 6.58 Å². The lowest BCUT2D eigenvalue weighted by atomic mass is 10.0. The molecule has 0 spiro atoms. The van der Waals surface area contributed by atoms with E-state index in [1.165, 1.54) is 0 Å². The van der Waals surface area contributed by atoms with Crippen LogP contribution in [-0.4, -0.2) is 32.1 Å². The molecule has 5 nitrogen and oxygen atoms in total. The van der Waals surface area contributed by atoms with Crippen LogP contribution in [0.15, 0.2) is 60.7 Å². The van der Waals surface area contributed by atoms with Crippen molar-refractivity contribution in [3.8, 4) is 11.5 Å². The number of ether oxygens (including phenoxy) is 3. The molecular formula is C20H20O5. The van der Waals surface area contributed by atoms with Crippen molar-refractivity contribution in [2.75, 3.05) is 20.3 Å². The van der Waals surface area contributed by atoms with Gasteiger partial charge in [0.2, 0.25) is 0 Å². The van der Waals surface area contributed by atoms with E-state index in [4.69, 9.17) is 14.2 Å². The molecule has 0 radical (unpaired) electrons. The summed E-state index contributed by atoms with van der Waals surface area (Å²) in [6.45, 7) is 5.45. The van der Waals surface area contributed by atoms with E-state index in [-0.39, 0.29) is 19.0 Å². The van der Waals surface area contributed by atoms with E-state index in [1.54, 1.807) is 62.6 Å². The minimum absolute atomic E-state index is 0.0791. The molecule has 0 aliphatic carbocycles. The Morgan fingerprint density at radius 1 is 0.880 bits per heavy atom. The number of rotatable bonds is 8. The molecule has 5 heteroatoms. The fraction of sp³-hybridized carbons (Fsp3) is 0.200. The van der Waals surface area contributed by atoms with Gasteiger partial charge in [-0.15, -0.1) is 0 Å². The van der Waals surface area contributed by atoms with Crippen LogP contribution in [0.4, 0.5) is 0 Å². The van der Waals surface area contributed by atoms with Crippen LogP contribution in [0.3, 0.4) is 0 Å². The fourth-order valence-electron chi connectivity index (χ4n) is 2.03. The average molecular weight is 340 g/mol. The molecule has 0 aliphatic rings. The van der Waals surface area contributed by atoms with Gasteiger partial charge in [-0.2, -0.15) is 0 Å². The van der Waals surface area contributed by atoms with Crippen molar-refractivity contribution in [2.45, 2.75) is 6.92 Å². The Balaban J connectivity index is 1.89. The molecule has 0 bridgehead atoms. The molecule has 0 amide bonds. The Morgan fingerprint density at radius 3 is 1.88 bits per heavy atom. The van der Waals surface area contributed by atoms with Crippen LogP contribution in [0.25, 0.3) is 0 Å². The van der Waals surface area contributed by atoms with Crippen LogP contribution in [0.2, 0.25) is 0 Å². The topological polar surface area (TPSA) is 61.8 Å². The van der Waals surface area contributed by atoms with E-state index >= 15 is 0 Å². The van der Waals surface area contributed by atoms with E-state index in [9.17, 15) is 9.59 Å². The lowest BCUT2D eigenvalue weighted by Gasteiger charge is -2.08. The van der Waals surface area contributed by atoms with Crippen LogP contribution >= 0.6 is 0 Å². The van der Waals surface area contributed by atoms with E-state index < -0.39 is 5.97 Å². The van der Waals surface area contributed by atoms with Gasteiger partial charge in [0.15, 0.2) is 5.78 Å². The summed E-state index contributed by atoms with van der Waals surface area (Å²) in [5.74, 6) is 0.777. The first-order chi connectivity index (χ1) is 12.0. The Labute approximate surface area is 146 Å². The van der Waals surface area contributed by atoms with Crippen molar-refractivity contribution < 1.29 is 23.8 Å². The Kier molecular flexibility index (Phi) is 6.34. The monoisotopic (exact) mass is 340 g/mol. The number of hydrogen-bond acceptors (Lipinski definition) is 5. The smallest absolute Gasteiger partial charge is 0.333 e. The third-order valence-corrected chi connectivity index (χ3v) is 3.40. The number of carbonyl (C=O) groups excluding carboxylic acids is 2. The van der Waals surface area contributed by atoms with Gasteiger partial charge in [-0.3, -0.25) is 4.79 Å². The summed E-state index contributed by atoms with van der Waals surface area (Å²) < 4.78 is 15.5. The lowest BCUT2D eigenvalue weighted by molar-refractivity contribution is -0.139. The van der Waals surface area contributed by atoms with Gasteiger partial charge in [0.05, 0.1) is 7.11 Å². The van der Waals surface area contributed by atoms with E-state index in [0.29, 0.717) is 28.2 Å². The number of ketones is 1. The van der Waals surface area contributed by atoms with Gasteiger partial charge in [0.25, 0.3) is 0 Å². The molecule has 25 heavy (non-hydrogen) atoms. The van der Waals surface area contributed by atoms with Crippen molar-refractivity contribution in [1.82, 2.24) is 0 Å². The summed E-state index contributed by atoms with van der Waals surface area (Å²) in [5.41, 5.74) is 1.49. The highest BCUT2D eigenvalue weighted by atomic mass is 16.6. The van der Waals surface area contributed by atoms with Crippen molar-refractivity contribution in [2.24, 2.45) is 0 Å². The third-order valence-electron chi connectivity index (χ3n) is 3.40. The van der Waals surface area contributed by atoms with Gasteiger partial charge >= 0.3 is 5.97 Å². The molecule has 130 valence electrons. The van der Waals surface area contributed by atoms with Gasteiger partial charge in [-0.05, 0) is 55.5 Å². The fourth-order valence-corrected chi connectivity index (χ4v) is 2.03. The highest BCUT2D eigenvalue weighted by Gasteiger charge is 2.09. The summed E-state index contributed by atoms with van der Waals surface area (Å²) in [4.78, 5) is 23.6. The molecule has 0 heterocycles. The standard InChI is InChI=1S/C20H20O5/c1-14(2)20(22)25-13-12-24-18-10-6-16(7-11-18)19(21)15-4-8-17(23-3)9-5-15/h4-11H,1,12-13H2,2-3H3. The predicted octanol–water partition coefficient (Wildman–Crippen LogP) is 3.42. The number of carbonyl (C=O) groups is 2. The first-order valence-electron chi connectivity index (χ1n) is 7.75. The Bertz CT molecular complexity index is 745. The molecule has 0 unspecified atom stereocenters. The SMILES string of the molecule is C=C(C)C(=O)OCCOc1ccc(C(=O)c2ccc(OC)cc2)cc1. The second kappa shape index (κ2) is 8.68. The van der Waals surface area contributed by atoms with Crippen molar-refractivity contribution in [3.63, 3.8) is 0 Å². The molecule has 0 saturated heterocycles. The van der Waals surface area contributed by atoms with E-state index in [0.717, 1.165) is 0 Å². The van der Waals surface area contributed by atoms with Crippen molar-refractivity contribution in [3.05, 3.63) is 71.8 Å². The van der Waals surface area contributed by atoms with E-state index in [1.807, 2.05) is 0 Å². The molecule has 2 rings (SSSR count). The number of benzene rings is 2. The summed E-state index contributed by atoms with van der Waals surface area (Å²) in [7, 11) is 1.58. The summed E-state index contributed by atoms with van der Waals surface area (Å²) in [6.07, 6.45) is 0. The van der Waals surface area contributed by atoms with E-state index in [2.05, 4.69) is 6.58 Å². The normalized spacial score (nSPS) is 10.0. The molecular weight excluding hydrogens is 320 g/mol.